The predicted molar refractivity (Wildman–Crippen MR) is 92.4 cm³/mol. The van der Waals surface area contributed by atoms with Gasteiger partial charge < -0.3 is 5.32 Å². The minimum absolute atomic E-state index is 0.0554. The molecule has 2 aromatic rings. The van der Waals surface area contributed by atoms with Crippen molar-refractivity contribution in [1.82, 2.24) is 9.97 Å². The summed E-state index contributed by atoms with van der Waals surface area (Å²) in [5.74, 6) is -1.95. The molecule has 0 fully saturated rings. The van der Waals surface area contributed by atoms with Crippen molar-refractivity contribution in [2.24, 2.45) is 0 Å². The number of nitrogens with zero attached hydrogens (tertiary/aromatic N) is 2. The highest BCUT2D eigenvalue weighted by Gasteiger charge is 2.39. The van der Waals surface area contributed by atoms with Crippen LogP contribution in [0.5, 0.6) is 0 Å². The number of rotatable bonds is 3. The van der Waals surface area contributed by atoms with Crippen LogP contribution in [0.2, 0.25) is 0 Å². The molecular weight excluding hydrogens is 399 g/mol. The summed E-state index contributed by atoms with van der Waals surface area (Å²) in [4.78, 5) is 31.8. The molecule has 28 heavy (non-hydrogen) atoms. The van der Waals surface area contributed by atoms with Gasteiger partial charge in [0.2, 0.25) is 11.6 Å². The van der Waals surface area contributed by atoms with Gasteiger partial charge >= 0.3 is 6.18 Å². The highest BCUT2D eigenvalue weighted by Crippen LogP contribution is 2.35. The average Bonchev–Trinajstić information content (AvgIpc) is 2.59. The van der Waals surface area contributed by atoms with Gasteiger partial charge in [-0.05, 0) is 24.6 Å². The van der Waals surface area contributed by atoms with E-state index in [0.29, 0.717) is 0 Å². The third-order valence-electron chi connectivity index (χ3n) is 4.02. The van der Waals surface area contributed by atoms with Gasteiger partial charge in [0, 0.05) is 18.1 Å². The van der Waals surface area contributed by atoms with E-state index in [0.717, 1.165) is 30.9 Å². The third-order valence-corrected chi connectivity index (χ3v) is 5.15. The Labute approximate surface area is 157 Å². The summed E-state index contributed by atoms with van der Waals surface area (Å²) in [6.45, 7) is 1.26. The Morgan fingerprint density at radius 1 is 1.11 bits per heavy atom. The fourth-order valence-electron chi connectivity index (χ4n) is 2.75. The van der Waals surface area contributed by atoms with Crippen LogP contribution in [-0.4, -0.2) is 36.2 Å². The van der Waals surface area contributed by atoms with Gasteiger partial charge in [0.05, 0.1) is 11.1 Å². The summed E-state index contributed by atoms with van der Waals surface area (Å²) >= 11 is 0. The molecule has 11 heteroatoms. The van der Waals surface area contributed by atoms with Gasteiger partial charge in [0.15, 0.2) is 9.84 Å². The Morgan fingerprint density at radius 3 is 2.39 bits per heavy atom. The van der Waals surface area contributed by atoms with Gasteiger partial charge in [0.25, 0.3) is 0 Å². The Morgan fingerprint density at radius 2 is 1.79 bits per heavy atom. The van der Waals surface area contributed by atoms with Crippen LogP contribution in [-0.2, 0) is 16.0 Å². The number of hydrogen-bond acceptors (Lipinski definition) is 7. The molecule has 1 aliphatic rings. The molecule has 0 unspecified atom stereocenters. The van der Waals surface area contributed by atoms with Crippen molar-refractivity contribution in [3.05, 3.63) is 63.7 Å². The van der Waals surface area contributed by atoms with E-state index in [-0.39, 0.29) is 22.5 Å². The van der Waals surface area contributed by atoms with E-state index in [1.807, 2.05) is 0 Å². The van der Waals surface area contributed by atoms with E-state index >= 15 is 0 Å². The summed E-state index contributed by atoms with van der Waals surface area (Å²) in [7, 11) is -4.20. The lowest BCUT2D eigenvalue weighted by molar-refractivity contribution is -0.138. The number of halogens is 3. The minimum Gasteiger partial charge on any atom is -0.351 e. The molecular formula is C17H12F3N3O4S. The predicted octanol–water partition coefficient (Wildman–Crippen LogP) is 2.55. The lowest BCUT2D eigenvalue weighted by atomic mass is 9.98. The van der Waals surface area contributed by atoms with Crippen molar-refractivity contribution in [1.29, 1.82) is 0 Å². The molecule has 1 aromatic heterocycles. The zero-order valence-electron chi connectivity index (χ0n) is 14.5. The molecule has 0 bridgehead atoms. The maximum atomic E-state index is 13.1. The molecule has 0 atom stereocenters. The van der Waals surface area contributed by atoms with Crippen molar-refractivity contribution < 1.29 is 31.2 Å². The number of allylic oxidation sites excluding steroid dienone is 2. The van der Waals surface area contributed by atoms with Crippen LogP contribution in [0.15, 0.2) is 41.3 Å². The SMILES string of the molecule is Cc1ccc(NC2=C(S(C)(=O)=O)C(=O)c3ncncc3C2=O)cc1C(F)(F)F. The number of ketones is 2. The van der Waals surface area contributed by atoms with Gasteiger partial charge in [-0.1, -0.05) is 6.07 Å². The van der Waals surface area contributed by atoms with Crippen LogP contribution in [0, 0.1) is 6.92 Å². The van der Waals surface area contributed by atoms with Crippen molar-refractivity contribution in [3.63, 3.8) is 0 Å². The van der Waals surface area contributed by atoms with Gasteiger partial charge in [0.1, 0.15) is 22.6 Å². The maximum absolute atomic E-state index is 13.1. The van der Waals surface area contributed by atoms with E-state index in [1.54, 1.807) is 0 Å². The van der Waals surface area contributed by atoms with Crippen LogP contribution < -0.4 is 5.32 Å². The molecule has 0 spiro atoms. The number of fused-ring (bicyclic) bond motifs is 1. The second-order valence-electron chi connectivity index (χ2n) is 6.07. The first-order valence-electron chi connectivity index (χ1n) is 7.70. The van der Waals surface area contributed by atoms with Crippen LogP contribution in [0.25, 0.3) is 0 Å². The molecule has 0 saturated heterocycles. The van der Waals surface area contributed by atoms with Gasteiger partial charge in [-0.25, -0.2) is 18.4 Å². The largest absolute Gasteiger partial charge is 0.416 e. The molecule has 1 aliphatic carbocycles. The number of carbonyl (C=O) groups excluding carboxylic acids is 2. The number of sulfone groups is 1. The quantitative estimate of drug-likeness (QED) is 0.827. The summed E-state index contributed by atoms with van der Waals surface area (Å²) in [6.07, 6.45) is -1.90. The normalized spacial score (nSPS) is 14.9. The van der Waals surface area contributed by atoms with Crippen molar-refractivity contribution >= 4 is 27.1 Å². The number of aromatic nitrogens is 2. The molecule has 1 aromatic carbocycles. The molecule has 0 aliphatic heterocycles. The van der Waals surface area contributed by atoms with E-state index in [9.17, 15) is 31.2 Å². The summed E-state index contributed by atoms with van der Waals surface area (Å²) < 4.78 is 63.7. The second kappa shape index (κ2) is 6.51. The molecule has 1 heterocycles. The number of hydrogen-bond donors (Lipinski definition) is 1. The van der Waals surface area contributed by atoms with E-state index in [4.69, 9.17) is 0 Å². The summed E-state index contributed by atoms with van der Waals surface area (Å²) in [6, 6.07) is 3.14. The number of Topliss-reactive ketones (excluding diaryl/α,β-unsaturated/α-hetero) is 2. The highest BCUT2D eigenvalue weighted by molar-refractivity contribution is 7.95. The first kappa shape index (κ1) is 19.7. The molecule has 1 N–H and O–H groups in total. The van der Waals surface area contributed by atoms with E-state index < -0.39 is 43.7 Å². The Balaban J connectivity index is 2.19. The first-order valence-corrected chi connectivity index (χ1v) is 9.59. The number of carbonyl (C=O) groups is 2. The molecule has 3 rings (SSSR count). The van der Waals surface area contributed by atoms with Crippen molar-refractivity contribution in [2.45, 2.75) is 13.1 Å². The summed E-state index contributed by atoms with van der Waals surface area (Å²) in [5.41, 5.74) is -2.49. The first-order chi connectivity index (χ1) is 12.9. The van der Waals surface area contributed by atoms with Crippen LogP contribution in [0.1, 0.15) is 32.0 Å². The molecule has 7 nitrogen and oxygen atoms in total. The number of alkyl halides is 3. The standard InChI is InChI=1S/C17H12F3N3O4S/c1-8-3-4-9(5-11(8)17(18,19)20)23-13-14(24)10-6-21-7-22-12(10)15(25)16(13)28(2,26)27/h3-7,23H,1-2H3. The monoisotopic (exact) mass is 411 g/mol. The smallest absolute Gasteiger partial charge is 0.351 e. The Kier molecular flexibility index (Phi) is 4.58. The maximum Gasteiger partial charge on any atom is 0.416 e. The fourth-order valence-corrected chi connectivity index (χ4v) is 3.70. The Hall–Kier alpha value is -3.08. The zero-order chi connectivity index (χ0) is 20.9. The highest BCUT2D eigenvalue weighted by atomic mass is 32.2. The third kappa shape index (κ3) is 3.40. The number of aryl methyl sites for hydroxylation is 1. The van der Waals surface area contributed by atoms with Gasteiger partial charge in [-0.15, -0.1) is 0 Å². The lowest BCUT2D eigenvalue weighted by Gasteiger charge is -2.20. The van der Waals surface area contributed by atoms with Gasteiger partial charge in [-0.3, -0.25) is 9.59 Å². The lowest BCUT2D eigenvalue weighted by Crippen LogP contribution is -2.30. The van der Waals surface area contributed by atoms with E-state index in [1.165, 1.54) is 13.0 Å². The Bertz CT molecular complexity index is 1150. The number of anilines is 1. The molecule has 146 valence electrons. The van der Waals surface area contributed by atoms with Gasteiger partial charge in [-0.2, -0.15) is 13.2 Å². The molecule has 0 saturated carbocycles. The summed E-state index contributed by atoms with van der Waals surface area (Å²) in [5, 5.41) is 2.37. The van der Waals surface area contributed by atoms with Crippen LogP contribution in [0.3, 0.4) is 0 Å². The molecule has 0 amide bonds. The number of nitrogens with one attached hydrogen (secondary N) is 1. The molecule has 0 radical (unpaired) electrons. The number of benzene rings is 1. The fraction of sp³-hybridized carbons (Fsp3) is 0.176. The topological polar surface area (TPSA) is 106 Å². The van der Waals surface area contributed by atoms with Crippen molar-refractivity contribution in [2.75, 3.05) is 11.6 Å². The van der Waals surface area contributed by atoms with E-state index in [2.05, 4.69) is 15.3 Å². The zero-order valence-corrected chi connectivity index (χ0v) is 15.3. The average molecular weight is 411 g/mol. The van der Waals surface area contributed by atoms with Crippen molar-refractivity contribution in [3.8, 4) is 0 Å². The van der Waals surface area contributed by atoms with Crippen LogP contribution in [0.4, 0.5) is 18.9 Å². The van der Waals surface area contributed by atoms with Crippen LogP contribution >= 0.6 is 0 Å². The second-order valence-corrected chi connectivity index (χ2v) is 8.02. The minimum atomic E-state index is -4.65.